The monoisotopic (exact) mass is 371 g/mol. The van der Waals surface area contributed by atoms with Crippen LogP contribution < -0.4 is 10.1 Å². The van der Waals surface area contributed by atoms with Crippen molar-refractivity contribution in [3.8, 4) is 5.75 Å². The van der Waals surface area contributed by atoms with E-state index in [0.717, 1.165) is 42.6 Å². The maximum atomic E-state index is 12.6. The van der Waals surface area contributed by atoms with Crippen LogP contribution in [-0.2, 0) is 6.42 Å². The van der Waals surface area contributed by atoms with E-state index < -0.39 is 6.10 Å². The van der Waals surface area contributed by atoms with Gasteiger partial charge in [-0.1, -0.05) is 18.2 Å². The fraction of sp³-hybridized carbons (Fsp3) is 0.476. The number of aliphatic hydroxyl groups is 1. The number of ketones is 1. The summed E-state index contributed by atoms with van der Waals surface area (Å²) in [5.74, 6) is 1.10. The first-order chi connectivity index (χ1) is 12.6. The van der Waals surface area contributed by atoms with Gasteiger partial charge in [0.2, 0.25) is 0 Å². The van der Waals surface area contributed by atoms with Crippen molar-refractivity contribution >= 4 is 17.1 Å². The number of hydrogen-bond acceptors (Lipinski definition) is 5. The number of para-hydroxylation sites is 1. The molecule has 0 spiro atoms. The maximum absolute atomic E-state index is 12.6. The van der Waals surface area contributed by atoms with Crippen molar-refractivity contribution in [1.29, 1.82) is 0 Å². The second-order valence-electron chi connectivity index (χ2n) is 7.36. The molecule has 2 aliphatic carbocycles. The summed E-state index contributed by atoms with van der Waals surface area (Å²) in [6.45, 7) is 2.65. The number of aliphatic hydroxyl groups excluding tert-OH is 1. The average molecular weight is 372 g/mol. The van der Waals surface area contributed by atoms with Gasteiger partial charge in [-0.3, -0.25) is 4.79 Å². The first-order valence-corrected chi connectivity index (χ1v) is 10.3. The molecule has 1 aromatic heterocycles. The fourth-order valence-corrected chi connectivity index (χ4v) is 4.95. The van der Waals surface area contributed by atoms with Crippen LogP contribution in [0.4, 0.5) is 0 Å². The molecule has 4 atom stereocenters. The summed E-state index contributed by atoms with van der Waals surface area (Å²) in [6.07, 6.45) is 2.81. The number of carbonyl (C=O) groups excluding carboxylic acids is 1. The van der Waals surface area contributed by atoms with Crippen molar-refractivity contribution in [3.05, 3.63) is 51.7 Å². The van der Waals surface area contributed by atoms with Crippen molar-refractivity contribution in [1.82, 2.24) is 5.32 Å². The Morgan fingerprint density at radius 2 is 2.08 bits per heavy atom. The Hall–Kier alpha value is -1.69. The minimum atomic E-state index is -0.551. The van der Waals surface area contributed by atoms with Crippen LogP contribution in [0, 0.1) is 12.8 Å². The van der Waals surface area contributed by atoms with Gasteiger partial charge < -0.3 is 15.2 Å². The van der Waals surface area contributed by atoms with E-state index >= 15 is 0 Å². The van der Waals surface area contributed by atoms with E-state index in [2.05, 4.69) is 5.32 Å². The Balaban J connectivity index is 1.33. The lowest BCUT2D eigenvalue weighted by Crippen LogP contribution is -2.44. The van der Waals surface area contributed by atoms with Crippen LogP contribution in [0.2, 0.25) is 0 Å². The average Bonchev–Trinajstić information content (AvgIpc) is 3.25. The van der Waals surface area contributed by atoms with Crippen LogP contribution in [-0.4, -0.2) is 35.7 Å². The molecule has 0 bridgehead atoms. The zero-order valence-corrected chi connectivity index (χ0v) is 15.8. The zero-order chi connectivity index (χ0) is 18.1. The molecular formula is C21H25NO3S. The van der Waals surface area contributed by atoms with Gasteiger partial charge in [-0.25, -0.2) is 0 Å². The van der Waals surface area contributed by atoms with Crippen LogP contribution in [0.25, 0.3) is 0 Å². The standard InChI is InChI=1S/C21H25NO3S/c1-13-4-2-3-5-17(13)25-18-8-7-16(21(18)24)22-12-14-6-9-19-15(20(14)23)10-11-26-19/h2-5,10-11,14,16,18,21-22,24H,6-9,12H2,1H3/t14?,16-,18-,21-/m1/s1. The molecule has 0 saturated heterocycles. The van der Waals surface area contributed by atoms with Gasteiger partial charge in [0.05, 0.1) is 0 Å². The lowest BCUT2D eigenvalue weighted by atomic mass is 9.87. The van der Waals surface area contributed by atoms with Gasteiger partial charge in [-0.05, 0) is 55.7 Å². The van der Waals surface area contributed by atoms with E-state index in [0.29, 0.717) is 6.54 Å². The minimum Gasteiger partial charge on any atom is -0.487 e. The van der Waals surface area contributed by atoms with Crippen molar-refractivity contribution in [2.45, 2.75) is 50.9 Å². The predicted octanol–water partition coefficient (Wildman–Crippen LogP) is 3.36. The van der Waals surface area contributed by atoms with Crippen molar-refractivity contribution in [3.63, 3.8) is 0 Å². The third-order valence-electron chi connectivity index (χ3n) is 5.66. The first kappa shape index (κ1) is 17.7. The number of Topliss-reactive ketones (excluding diaryl/α,β-unsaturated/α-hetero) is 1. The van der Waals surface area contributed by atoms with Gasteiger partial charge in [0.1, 0.15) is 18.0 Å². The predicted molar refractivity (Wildman–Crippen MR) is 103 cm³/mol. The smallest absolute Gasteiger partial charge is 0.168 e. The van der Waals surface area contributed by atoms with Crippen LogP contribution in [0.1, 0.15) is 40.1 Å². The summed E-state index contributed by atoms with van der Waals surface area (Å²) >= 11 is 1.68. The number of rotatable bonds is 5. The molecule has 2 aliphatic rings. The van der Waals surface area contributed by atoms with Gasteiger partial charge in [-0.15, -0.1) is 11.3 Å². The summed E-state index contributed by atoms with van der Waals surface area (Å²) in [7, 11) is 0. The molecule has 1 aromatic carbocycles. The molecule has 1 saturated carbocycles. The minimum absolute atomic E-state index is 0.0132. The van der Waals surface area contributed by atoms with E-state index in [1.54, 1.807) is 11.3 Å². The van der Waals surface area contributed by atoms with E-state index in [-0.39, 0.29) is 23.8 Å². The topological polar surface area (TPSA) is 58.6 Å². The van der Waals surface area contributed by atoms with Crippen LogP contribution in [0.5, 0.6) is 5.75 Å². The number of hydrogen-bond donors (Lipinski definition) is 2. The van der Waals surface area contributed by atoms with Gasteiger partial charge in [0, 0.05) is 28.9 Å². The number of fused-ring (bicyclic) bond motifs is 1. The van der Waals surface area contributed by atoms with E-state index in [1.807, 2.05) is 42.6 Å². The number of thiophene rings is 1. The van der Waals surface area contributed by atoms with Crippen LogP contribution in [0.15, 0.2) is 35.7 Å². The van der Waals surface area contributed by atoms with E-state index in [1.165, 1.54) is 4.88 Å². The highest BCUT2D eigenvalue weighted by Crippen LogP contribution is 2.30. The summed E-state index contributed by atoms with van der Waals surface area (Å²) in [4.78, 5) is 13.8. The second kappa shape index (κ2) is 7.51. The lowest BCUT2D eigenvalue weighted by Gasteiger charge is -2.26. The summed E-state index contributed by atoms with van der Waals surface area (Å²) in [5.41, 5.74) is 1.98. The second-order valence-corrected chi connectivity index (χ2v) is 8.36. The van der Waals surface area contributed by atoms with E-state index in [9.17, 15) is 9.90 Å². The van der Waals surface area contributed by atoms with Crippen LogP contribution >= 0.6 is 11.3 Å². The van der Waals surface area contributed by atoms with Crippen LogP contribution in [0.3, 0.4) is 0 Å². The third-order valence-corrected chi connectivity index (χ3v) is 6.64. The summed E-state index contributed by atoms with van der Waals surface area (Å²) in [5, 5.41) is 16.1. The molecule has 2 aromatic rings. The van der Waals surface area contributed by atoms with Crippen molar-refractivity contribution in [2.24, 2.45) is 5.92 Å². The highest BCUT2D eigenvalue weighted by molar-refractivity contribution is 7.10. The fourth-order valence-electron chi connectivity index (χ4n) is 4.05. The molecule has 5 heteroatoms. The Kier molecular flexibility index (Phi) is 5.11. The lowest BCUT2D eigenvalue weighted by molar-refractivity contribution is 0.0438. The number of nitrogens with one attached hydrogen (secondary N) is 1. The molecule has 26 heavy (non-hydrogen) atoms. The summed E-state index contributed by atoms with van der Waals surface area (Å²) < 4.78 is 6.04. The number of aryl methyl sites for hydroxylation is 2. The molecule has 1 heterocycles. The molecule has 1 unspecified atom stereocenters. The quantitative estimate of drug-likeness (QED) is 0.846. The van der Waals surface area contributed by atoms with Gasteiger partial charge >= 0.3 is 0 Å². The largest absolute Gasteiger partial charge is 0.487 e. The number of carbonyl (C=O) groups is 1. The number of ether oxygens (including phenoxy) is 1. The van der Waals surface area contributed by atoms with Gasteiger partial charge in [-0.2, -0.15) is 0 Å². The molecule has 1 fully saturated rings. The molecule has 2 N–H and O–H groups in total. The Labute approximate surface area is 158 Å². The highest BCUT2D eigenvalue weighted by atomic mass is 32.1. The Bertz CT molecular complexity index is 787. The molecular weight excluding hydrogens is 346 g/mol. The normalized spacial score (nSPS) is 28.2. The zero-order valence-electron chi connectivity index (χ0n) is 15.0. The molecule has 0 amide bonds. The maximum Gasteiger partial charge on any atom is 0.168 e. The molecule has 4 rings (SSSR count). The Morgan fingerprint density at radius 3 is 2.92 bits per heavy atom. The first-order valence-electron chi connectivity index (χ1n) is 9.38. The Morgan fingerprint density at radius 1 is 1.23 bits per heavy atom. The van der Waals surface area contributed by atoms with E-state index in [4.69, 9.17) is 4.74 Å². The molecule has 4 nitrogen and oxygen atoms in total. The molecule has 138 valence electrons. The molecule has 0 radical (unpaired) electrons. The van der Waals surface area contributed by atoms with Crippen molar-refractivity contribution in [2.75, 3.05) is 6.54 Å². The number of benzene rings is 1. The SMILES string of the molecule is Cc1ccccc1O[C@@H]1CC[C@@H](NCC2CCc3sccc3C2=O)[C@H]1O. The van der Waals surface area contributed by atoms with Gasteiger partial charge in [0.25, 0.3) is 0 Å². The highest BCUT2D eigenvalue weighted by Gasteiger charge is 2.37. The summed E-state index contributed by atoms with van der Waals surface area (Å²) in [6, 6.07) is 9.83. The third kappa shape index (κ3) is 3.43. The molecule has 0 aliphatic heterocycles. The van der Waals surface area contributed by atoms with Crippen molar-refractivity contribution < 1.29 is 14.6 Å². The van der Waals surface area contributed by atoms with Gasteiger partial charge in [0.15, 0.2) is 5.78 Å².